The van der Waals surface area contributed by atoms with Gasteiger partial charge in [-0.15, -0.1) is 0 Å². The minimum atomic E-state index is -4.34. The molecule has 0 aliphatic heterocycles. The Morgan fingerprint density at radius 3 is 2.26 bits per heavy atom. The van der Waals surface area contributed by atoms with Crippen molar-refractivity contribution in [2.24, 2.45) is 5.14 Å². The highest BCUT2D eigenvalue weighted by Gasteiger charge is 2.32. The number of primary sulfonamides is 1. The van der Waals surface area contributed by atoms with Gasteiger partial charge in [0.1, 0.15) is 0 Å². The molecule has 0 heterocycles. The molecule has 1 rings (SSSR count). The summed E-state index contributed by atoms with van der Waals surface area (Å²) < 4.78 is 58.9. The third kappa shape index (κ3) is 7.14. The van der Waals surface area contributed by atoms with Gasteiger partial charge in [0.25, 0.3) is 0 Å². The molecule has 3 N–H and O–H groups in total. The Hall–Kier alpha value is -1.12. The Morgan fingerprint density at radius 1 is 1.21 bits per heavy atom. The van der Waals surface area contributed by atoms with E-state index in [0.717, 1.165) is 0 Å². The van der Waals surface area contributed by atoms with Crippen LogP contribution >= 0.6 is 0 Å². The fraction of sp³-hybridized carbons (Fsp3) is 0.455. The molecule has 0 fully saturated rings. The molecule has 108 valence electrons. The highest BCUT2D eigenvalue weighted by Crippen LogP contribution is 2.29. The van der Waals surface area contributed by atoms with E-state index in [2.05, 4.69) is 5.32 Å². The molecular formula is C11H15F3N2O2S. The van der Waals surface area contributed by atoms with Crippen molar-refractivity contribution < 1.29 is 21.6 Å². The summed E-state index contributed by atoms with van der Waals surface area (Å²) in [5.41, 5.74) is 0.453. The second kappa shape index (κ2) is 6.36. The summed E-state index contributed by atoms with van der Waals surface area (Å²) in [6.45, 7) is -0.130. The molecule has 0 aliphatic carbocycles. The topological polar surface area (TPSA) is 72.2 Å². The van der Waals surface area contributed by atoms with Gasteiger partial charge in [-0.2, -0.15) is 13.2 Å². The van der Waals surface area contributed by atoms with E-state index in [0.29, 0.717) is 5.56 Å². The van der Waals surface area contributed by atoms with E-state index in [1.807, 2.05) is 0 Å². The average molecular weight is 296 g/mol. The fourth-order valence-corrected chi connectivity index (χ4v) is 2.00. The molecule has 0 radical (unpaired) electrons. The van der Waals surface area contributed by atoms with Crippen molar-refractivity contribution in [2.45, 2.75) is 18.6 Å². The maximum Gasteiger partial charge on any atom is 0.390 e. The summed E-state index contributed by atoms with van der Waals surface area (Å²) in [5.74, 6) is -0.409. The van der Waals surface area contributed by atoms with Crippen molar-refractivity contribution in [2.75, 3.05) is 12.3 Å². The average Bonchev–Trinajstić information content (AvgIpc) is 2.25. The number of halogens is 3. The van der Waals surface area contributed by atoms with Crippen LogP contribution < -0.4 is 10.5 Å². The molecule has 19 heavy (non-hydrogen) atoms. The first-order valence-electron chi connectivity index (χ1n) is 5.53. The summed E-state index contributed by atoms with van der Waals surface area (Å²) in [6, 6.07) is 7.07. The Balaban J connectivity index is 2.71. The summed E-state index contributed by atoms with van der Waals surface area (Å²) >= 11 is 0. The number of rotatable bonds is 6. The van der Waals surface area contributed by atoms with Gasteiger partial charge >= 0.3 is 6.18 Å². The number of alkyl halides is 3. The predicted octanol–water partition coefficient (Wildman–Crippen LogP) is 1.56. The first-order valence-corrected chi connectivity index (χ1v) is 7.24. The van der Waals surface area contributed by atoms with Gasteiger partial charge in [-0.05, 0) is 5.56 Å². The second-order valence-electron chi connectivity index (χ2n) is 4.10. The van der Waals surface area contributed by atoms with Crippen LogP contribution in [0.4, 0.5) is 13.2 Å². The lowest BCUT2D eigenvalue weighted by molar-refractivity contribution is -0.140. The van der Waals surface area contributed by atoms with E-state index in [4.69, 9.17) is 5.14 Å². The van der Waals surface area contributed by atoms with Crippen LogP contribution in [0.5, 0.6) is 0 Å². The quantitative estimate of drug-likeness (QED) is 0.836. The van der Waals surface area contributed by atoms with E-state index in [-0.39, 0.29) is 6.54 Å². The zero-order valence-corrected chi connectivity index (χ0v) is 10.8. The molecule has 8 heteroatoms. The minimum absolute atomic E-state index is 0.130. The Kier molecular flexibility index (Phi) is 5.33. The molecule has 1 atom stereocenters. The molecule has 0 amide bonds. The lowest BCUT2D eigenvalue weighted by Gasteiger charge is -2.20. The number of nitrogens with one attached hydrogen (secondary N) is 1. The van der Waals surface area contributed by atoms with Crippen LogP contribution in [0.15, 0.2) is 30.3 Å². The van der Waals surface area contributed by atoms with Gasteiger partial charge in [0.15, 0.2) is 0 Å². The summed E-state index contributed by atoms with van der Waals surface area (Å²) in [6.07, 6.45) is -5.41. The largest absolute Gasteiger partial charge is 0.390 e. The van der Waals surface area contributed by atoms with Crippen LogP contribution in [-0.2, 0) is 10.0 Å². The minimum Gasteiger partial charge on any atom is -0.309 e. The van der Waals surface area contributed by atoms with Crippen molar-refractivity contribution >= 4 is 10.0 Å². The summed E-state index contributed by atoms with van der Waals surface area (Å²) in [5, 5.41) is 7.37. The molecule has 1 aromatic carbocycles. The van der Waals surface area contributed by atoms with E-state index in [1.54, 1.807) is 30.3 Å². The Labute approximate surface area is 109 Å². The summed E-state index contributed by atoms with van der Waals surface area (Å²) in [4.78, 5) is 0. The van der Waals surface area contributed by atoms with Crippen LogP contribution in [-0.4, -0.2) is 26.9 Å². The van der Waals surface area contributed by atoms with Crippen molar-refractivity contribution in [3.05, 3.63) is 35.9 Å². The van der Waals surface area contributed by atoms with Crippen molar-refractivity contribution in [1.82, 2.24) is 5.32 Å². The zero-order valence-electron chi connectivity index (χ0n) is 10.0. The number of sulfonamides is 1. The molecule has 0 saturated heterocycles. The molecule has 0 spiro atoms. The van der Waals surface area contributed by atoms with Gasteiger partial charge in [0, 0.05) is 12.6 Å². The zero-order chi connectivity index (χ0) is 14.5. The van der Waals surface area contributed by atoms with Crippen molar-refractivity contribution in [3.63, 3.8) is 0 Å². The highest BCUT2D eigenvalue weighted by atomic mass is 32.2. The predicted molar refractivity (Wildman–Crippen MR) is 65.8 cm³/mol. The van der Waals surface area contributed by atoms with Crippen LogP contribution in [0, 0.1) is 0 Å². The molecule has 0 bridgehead atoms. The van der Waals surface area contributed by atoms with Gasteiger partial charge in [-0.25, -0.2) is 13.6 Å². The third-order valence-corrected chi connectivity index (χ3v) is 3.19. The van der Waals surface area contributed by atoms with E-state index in [1.165, 1.54) is 0 Å². The smallest absolute Gasteiger partial charge is 0.309 e. The molecule has 0 aromatic heterocycles. The van der Waals surface area contributed by atoms with Gasteiger partial charge in [0.2, 0.25) is 10.0 Å². The maximum absolute atomic E-state index is 12.5. The van der Waals surface area contributed by atoms with Crippen LogP contribution in [0.3, 0.4) is 0 Å². The van der Waals surface area contributed by atoms with Gasteiger partial charge in [-0.1, -0.05) is 30.3 Å². The SMILES string of the molecule is NS(=O)(=O)CCNC(CC(F)(F)F)c1ccccc1. The molecule has 1 aromatic rings. The second-order valence-corrected chi connectivity index (χ2v) is 5.84. The summed E-state index contributed by atoms with van der Waals surface area (Å²) in [7, 11) is -3.69. The maximum atomic E-state index is 12.5. The fourth-order valence-electron chi connectivity index (χ4n) is 1.60. The van der Waals surface area contributed by atoms with Crippen LogP contribution in [0.2, 0.25) is 0 Å². The standard InChI is InChI=1S/C11H15F3N2O2S/c12-11(13,14)8-10(9-4-2-1-3-5-9)16-6-7-19(15,17)18/h1-5,10,16H,6-8H2,(H2,15,17,18). The number of hydrogen-bond donors (Lipinski definition) is 2. The monoisotopic (exact) mass is 296 g/mol. The Bertz CT molecular complexity index is 488. The van der Waals surface area contributed by atoms with Gasteiger partial charge in [-0.3, -0.25) is 0 Å². The van der Waals surface area contributed by atoms with E-state index in [9.17, 15) is 21.6 Å². The molecule has 1 unspecified atom stereocenters. The Morgan fingerprint density at radius 2 is 1.79 bits per heavy atom. The third-order valence-electron chi connectivity index (χ3n) is 2.41. The van der Waals surface area contributed by atoms with Gasteiger partial charge in [0.05, 0.1) is 12.2 Å². The van der Waals surface area contributed by atoms with Gasteiger partial charge < -0.3 is 5.32 Å². The van der Waals surface area contributed by atoms with Crippen LogP contribution in [0.25, 0.3) is 0 Å². The van der Waals surface area contributed by atoms with E-state index >= 15 is 0 Å². The molecule has 0 saturated carbocycles. The highest BCUT2D eigenvalue weighted by molar-refractivity contribution is 7.89. The lowest BCUT2D eigenvalue weighted by Crippen LogP contribution is -2.32. The number of benzene rings is 1. The first-order chi connectivity index (χ1) is 8.67. The van der Waals surface area contributed by atoms with E-state index < -0.39 is 34.4 Å². The first kappa shape index (κ1) is 15.9. The number of hydrogen-bond acceptors (Lipinski definition) is 3. The molecule has 4 nitrogen and oxygen atoms in total. The number of nitrogens with two attached hydrogens (primary N) is 1. The van der Waals surface area contributed by atoms with Crippen molar-refractivity contribution in [1.29, 1.82) is 0 Å². The molecule has 0 aliphatic rings. The normalized spacial score (nSPS) is 14.3. The van der Waals surface area contributed by atoms with Crippen LogP contribution in [0.1, 0.15) is 18.0 Å². The van der Waals surface area contributed by atoms with Crippen molar-refractivity contribution in [3.8, 4) is 0 Å². The molecular weight excluding hydrogens is 281 g/mol. The lowest BCUT2D eigenvalue weighted by atomic mass is 10.0.